The van der Waals surface area contributed by atoms with Gasteiger partial charge < -0.3 is 20.3 Å². The van der Waals surface area contributed by atoms with E-state index in [1.54, 1.807) is 20.8 Å². The smallest absolute Gasteiger partial charge is 0.407 e. The molecule has 17 heavy (non-hydrogen) atoms. The topological polar surface area (TPSA) is 95.9 Å². The first-order valence-electron chi connectivity index (χ1n) is 5.51. The number of carboxylic acids is 1. The summed E-state index contributed by atoms with van der Waals surface area (Å²) in [4.78, 5) is 21.8. The van der Waals surface area contributed by atoms with Crippen LogP contribution in [-0.4, -0.2) is 40.0 Å². The quantitative estimate of drug-likeness (QED) is 0.676. The molecule has 2 atom stereocenters. The van der Waals surface area contributed by atoms with E-state index in [4.69, 9.17) is 9.84 Å². The van der Waals surface area contributed by atoms with Crippen molar-refractivity contribution >= 4 is 12.1 Å². The van der Waals surface area contributed by atoms with Crippen molar-refractivity contribution in [2.75, 3.05) is 0 Å². The molecule has 0 saturated heterocycles. The minimum absolute atomic E-state index is 0.120. The van der Waals surface area contributed by atoms with Gasteiger partial charge in [-0.3, -0.25) is 4.79 Å². The summed E-state index contributed by atoms with van der Waals surface area (Å²) in [7, 11) is 0. The van der Waals surface area contributed by atoms with Crippen LogP contribution in [0.1, 0.15) is 40.5 Å². The molecule has 6 heteroatoms. The molecular weight excluding hydrogens is 226 g/mol. The van der Waals surface area contributed by atoms with Gasteiger partial charge in [0.05, 0.1) is 12.1 Å². The number of carbonyl (C=O) groups excluding carboxylic acids is 1. The Hall–Kier alpha value is -1.30. The Balaban J connectivity index is 4.25. The number of nitrogens with one attached hydrogen (secondary N) is 1. The SMILES string of the molecule is CC(O)C(CCC(=O)O)NC(=O)OC(C)(C)C. The number of hydrogen-bond acceptors (Lipinski definition) is 4. The Morgan fingerprint density at radius 3 is 2.24 bits per heavy atom. The van der Waals surface area contributed by atoms with Gasteiger partial charge in [0, 0.05) is 6.42 Å². The molecule has 0 heterocycles. The minimum Gasteiger partial charge on any atom is -0.481 e. The van der Waals surface area contributed by atoms with Gasteiger partial charge in [0.2, 0.25) is 0 Å². The van der Waals surface area contributed by atoms with E-state index < -0.39 is 29.8 Å². The lowest BCUT2D eigenvalue weighted by Crippen LogP contribution is -2.44. The van der Waals surface area contributed by atoms with Crippen molar-refractivity contribution in [2.45, 2.75) is 58.3 Å². The van der Waals surface area contributed by atoms with Crippen LogP contribution in [0.5, 0.6) is 0 Å². The van der Waals surface area contributed by atoms with Crippen molar-refractivity contribution in [2.24, 2.45) is 0 Å². The highest BCUT2D eigenvalue weighted by Gasteiger charge is 2.22. The number of amides is 1. The molecule has 0 aliphatic carbocycles. The molecule has 0 bridgehead atoms. The molecule has 6 nitrogen and oxygen atoms in total. The Labute approximate surface area is 101 Å². The summed E-state index contributed by atoms with van der Waals surface area (Å²) >= 11 is 0. The Morgan fingerprint density at radius 2 is 1.88 bits per heavy atom. The third-order valence-electron chi connectivity index (χ3n) is 1.95. The average molecular weight is 247 g/mol. The van der Waals surface area contributed by atoms with Crippen LogP contribution in [0.15, 0.2) is 0 Å². The van der Waals surface area contributed by atoms with Crippen LogP contribution in [0.2, 0.25) is 0 Å². The lowest BCUT2D eigenvalue weighted by atomic mass is 10.1. The van der Waals surface area contributed by atoms with Crippen molar-refractivity contribution in [3.63, 3.8) is 0 Å². The number of aliphatic hydroxyl groups is 1. The van der Waals surface area contributed by atoms with Crippen LogP contribution < -0.4 is 5.32 Å². The first kappa shape index (κ1) is 15.7. The summed E-state index contributed by atoms with van der Waals surface area (Å²) in [6.07, 6.45) is -1.45. The van der Waals surface area contributed by atoms with Crippen LogP contribution in [0.3, 0.4) is 0 Å². The van der Waals surface area contributed by atoms with Crippen LogP contribution in [-0.2, 0) is 9.53 Å². The number of aliphatic carboxylic acids is 1. The molecule has 0 radical (unpaired) electrons. The highest BCUT2D eigenvalue weighted by molar-refractivity contribution is 5.69. The third-order valence-corrected chi connectivity index (χ3v) is 1.95. The van der Waals surface area contributed by atoms with Crippen molar-refractivity contribution in [3.8, 4) is 0 Å². The fourth-order valence-electron chi connectivity index (χ4n) is 1.17. The first-order chi connectivity index (χ1) is 7.61. The highest BCUT2D eigenvalue weighted by atomic mass is 16.6. The predicted molar refractivity (Wildman–Crippen MR) is 61.7 cm³/mol. The molecular formula is C11H21NO5. The van der Waals surface area contributed by atoms with E-state index in [1.165, 1.54) is 6.92 Å². The maximum atomic E-state index is 11.4. The number of carbonyl (C=O) groups is 2. The maximum absolute atomic E-state index is 11.4. The fraction of sp³-hybridized carbons (Fsp3) is 0.818. The van der Waals surface area contributed by atoms with E-state index in [9.17, 15) is 14.7 Å². The van der Waals surface area contributed by atoms with Gasteiger partial charge in [-0.1, -0.05) is 0 Å². The maximum Gasteiger partial charge on any atom is 0.407 e. The number of carboxylic acid groups (broad SMARTS) is 1. The van der Waals surface area contributed by atoms with Crippen LogP contribution >= 0.6 is 0 Å². The molecule has 0 aliphatic rings. The normalized spacial score (nSPS) is 14.9. The molecule has 0 saturated carbocycles. The zero-order chi connectivity index (χ0) is 13.6. The van der Waals surface area contributed by atoms with Crippen molar-refractivity contribution in [3.05, 3.63) is 0 Å². The molecule has 0 fully saturated rings. The molecule has 1 amide bonds. The van der Waals surface area contributed by atoms with E-state index in [0.29, 0.717) is 0 Å². The van der Waals surface area contributed by atoms with Crippen molar-refractivity contribution in [1.82, 2.24) is 5.32 Å². The molecule has 0 aromatic carbocycles. The van der Waals surface area contributed by atoms with Gasteiger partial charge >= 0.3 is 12.1 Å². The van der Waals surface area contributed by atoms with Crippen molar-refractivity contribution < 1.29 is 24.5 Å². The number of alkyl carbamates (subject to hydrolysis) is 1. The van der Waals surface area contributed by atoms with Gasteiger partial charge in [-0.15, -0.1) is 0 Å². The second-order valence-corrected chi connectivity index (χ2v) is 4.93. The summed E-state index contributed by atoms with van der Waals surface area (Å²) in [6.45, 7) is 6.66. The van der Waals surface area contributed by atoms with E-state index in [1.807, 2.05) is 0 Å². The van der Waals surface area contributed by atoms with Gasteiger partial charge in [-0.05, 0) is 34.1 Å². The summed E-state index contributed by atoms with van der Waals surface area (Å²) in [6, 6.07) is -0.624. The van der Waals surface area contributed by atoms with E-state index >= 15 is 0 Å². The molecule has 0 rings (SSSR count). The van der Waals surface area contributed by atoms with Gasteiger partial charge in [0.25, 0.3) is 0 Å². The van der Waals surface area contributed by atoms with Crippen molar-refractivity contribution in [1.29, 1.82) is 0 Å². The average Bonchev–Trinajstić information content (AvgIpc) is 2.08. The number of hydrogen-bond donors (Lipinski definition) is 3. The highest BCUT2D eigenvalue weighted by Crippen LogP contribution is 2.09. The standard InChI is InChI=1S/C11H21NO5/c1-7(13)8(5-6-9(14)15)12-10(16)17-11(2,3)4/h7-8,13H,5-6H2,1-4H3,(H,12,16)(H,14,15). The second kappa shape index (κ2) is 6.44. The Kier molecular flexibility index (Phi) is 5.95. The number of ether oxygens (including phenoxy) is 1. The molecule has 100 valence electrons. The molecule has 2 unspecified atom stereocenters. The largest absolute Gasteiger partial charge is 0.481 e. The first-order valence-corrected chi connectivity index (χ1v) is 5.51. The summed E-state index contributed by atoms with van der Waals surface area (Å²) in [5, 5.41) is 20.4. The van der Waals surface area contributed by atoms with Gasteiger partial charge in [-0.25, -0.2) is 4.79 Å². The zero-order valence-electron chi connectivity index (χ0n) is 10.7. The van der Waals surface area contributed by atoms with E-state index in [0.717, 1.165) is 0 Å². The van der Waals surface area contributed by atoms with E-state index in [-0.39, 0.29) is 12.8 Å². The van der Waals surface area contributed by atoms with Gasteiger partial charge in [-0.2, -0.15) is 0 Å². The van der Waals surface area contributed by atoms with Gasteiger partial charge in [0.15, 0.2) is 0 Å². The monoisotopic (exact) mass is 247 g/mol. The molecule has 0 aromatic heterocycles. The third kappa shape index (κ3) is 8.50. The predicted octanol–water partition coefficient (Wildman–Crippen LogP) is 1.13. The summed E-state index contributed by atoms with van der Waals surface area (Å²) in [5.41, 5.74) is -0.625. The molecule has 0 spiro atoms. The lowest BCUT2D eigenvalue weighted by molar-refractivity contribution is -0.137. The Morgan fingerprint density at radius 1 is 1.35 bits per heavy atom. The lowest BCUT2D eigenvalue weighted by Gasteiger charge is -2.24. The van der Waals surface area contributed by atoms with Crippen LogP contribution in [0, 0.1) is 0 Å². The number of aliphatic hydroxyl groups excluding tert-OH is 1. The van der Waals surface area contributed by atoms with Crippen LogP contribution in [0.25, 0.3) is 0 Å². The number of rotatable bonds is 5. The fourth-order valence-corrected chi connectivity index (χ4v) is 1.17. The summed E-state index contributed by atoms with van der Waals surface area (Å²) in [5.74, 6) is -0.971. The second-order valence-electron chi connectivity index (χ2n) is 4.93. The molecule has 0 aromatic rings. The Bertz CT molecular complexity index is 270. The van der Waals surface area contributed by atoms with Crippen LogP contribution in [0.4, 0.5) is 4.79 Å². The molecule has 3 N–H and O–H groups in total. The van der Waals surface area contributed by atoms with E-state index in [2.05, 4.69) is 5.32 Å². The van der Waals surface area contributed by atoms with Gasteiger partial charge in [0.1, 0.15) is 5.60 Å². The minimum atomic E-state index is -0.971. The zero-order valence-corrected chi connectivity index (χ0v) is 10.7. The summed E-state index contributed by atoms with van der Waals surface area (Å²) < 4.78 is 5.02. The molecule has 0 aliphatic heterocycles.